The summed E-state index contributed by atoms with van der Waals surface area (Å²) in [7, 11) is 0. The Balaban J connectivity index is 1.33. The van der Waals surface area contributed by atoms with E-state index in [-0.39, 0.29) is 18.5 Å². The molecule has 0 aliphatic carbocycles. The zero-order valence-corrected chi connectivity index (χ0v) is 19.4. The van der Waals surface area contributed by atoms with Crippen LogP contribution in [0, 0.1) is 0 Å². The molecule has 9 heteroatoms. The molecule has 2 aliphatic rings. The zero-order valence-electron chi connectivity index (χ0n) is 18.7. The molecular weight excluding hydrogens is 458 g/mol. The van der Waals surface area contributed by atoms with Crippen LogP contribution in [0.2, 0.25) is 5.02 Å². The highest BCUT2D eigenvalue weighted by atomic mass is 35.5. The monoisotopic (exact) mass is 485 g/mol. The standard InChI is InChI=1S/C25H28ClN3O5/c26-18-5-1-4-17(14-18)20-6-2-13-29(20)25(34)23(32)22(31)24(33)27-15-16-8-10-19(11-9-16)28-12-3-7-21(28)30/h1,4-5,8-11,14,20,22-23,31-32H,2-3,6-7,12-13,15H2,(H,27,33)/t20?,22-,23-/m1/s1. The Morgan fingerprint density at radius 3 is 2.50 bits per heavy atom. The first-order chi connectivity index (χ1) is 16.3. The molecule has 0 radical (unpaired) electrons. The third-order valence-corrected chi connectivity index (χ3v) is 6.61. The van der Waals surface area contributed by atoms with Crippen LogP contribution in [0.15, 0.2) is 48.5 Å². The lowest BCUT2D eigenvalue weighted by molar-refractivity contribution is -0.153. The van der Waals surface area contributed by atoms with E-state index in [0.29, 0.717) is 31.0 Å². The van der Waals surface area contributed by atoms with Gasteiger partial charge in [0.15, 0.2) is 12.2 Å². The molecule has 2 aromatic rings. The van der Waals surface area contributed by atoms with Gasteiger partial charge >= 0.3 is 0 Å². The van der Waals surface area contributed by atoms with Crippen molar-refractivity contribution in [2.24, 2.45) is 0 Å². The number of carbonyl (C=O) groups is 3. The highest BCUT2D eigenvalue weighted by Crippen LogP contribution is 2.33. The van der Waals surface area contributed by atoms with E-state index in [0.717, 1.165) is 29.7 Å². The largest absolute Gasteiger partial charge is 0.380 e. The van der Waals surface area contributed by atoms with Gasteiger partial charge in [0, 0.05) is 36.8 Å². The van der Waals surface area contributed by atoms with Gasteiger partial charge < -0.3 is 25.3 Å². The van der Waals surface area contributed by atoms with Gasteiger partial charge in [0.05, 0.1) is 6.04 Å². The molecule has 2 heterocycles. The number of halogens is 1. The number of hydrogen-bond acceptors (Lipinski definition) is 5. The molecule has 0 aromatic heterocycles. The maximum Gasteiger partial charge on any atom is 0.255 e. The molecule has 0 saturated carbocycles. The van der Waals surface area contributed by atoms with Crippen LogP contribution in [0.3, 0.4) is 0 Å². The predicted molar refractivity (Wildman–Crippen MR) is 127 cm³/mol. The fourth-order valence-electron chi connectivity index (χ4n) is 4.55. The molecule has 2 aliphatic heterocycles. The number of likely N-dealkylation sites (tertiary alicyclic amines) is 1. The van der Waals surface area contributed by atoms with Crippen molar-refractivity contribution >= 4 is 35.0 Å². The number of amides is 3. The Morgan fingerprint density at radius 2 is 1.82 bits per heavy atom. The van der Waals surface area contributed by atoms with Crippen LogP contribution in [0.25, 0.3) is 0 Å². The Kier molecular flexibility index (Phi) is 7.50. The summed E-state index contributed by atoms with van der Waals surface area (Å²) in [4.78, 5) is 40.4. The van der Waals surface area contributed by atoms with Crippen molar-refractivity contribution in [1.82, 2.24) is 10.2 Å². The van der Waals surface area contributed by atoms with Crippen LogP contribution in [0.5, 0.6) is 0 Å². The Labute approximate surface area is 203 Å². The van der Waals surface area contributed by atoms with Gasteiger partial charge in [-0.1, -0.05) is 35.9 Å². The summed E-state index contributed by atoms with van der Waals surface area (Å²) in [5.41, 5.74) is 2.42. The van der Waals surface area contributed by atoms with E-state index in [1.807, 2.05) is 18.2 Å². The van der Waals surface area contributed by atoms with E-state index in [1.54, 1.807) is 35.2 Å². The Morgan fingerprint density at radius 1 is 1.06 bits per heavy atom. The maximum absolute atomic E-state index is 12.9. The number of aliphatic hydroxyl groups is 2. The van der Waals surface area contributed by atoms with Gasteiger partial charge in [-0.05, 0) is 54.7 Å². The molecule has 1 unspecified atom stereocenters. The number of rotatable bonds is 7. The lowest BCUT2D eigenvalue weighted by Crippen LogP contribution is -2.50. The fraction of sp³-hybridized carbons (Fsp3) is 0.400. The van der Waals surface area contributed by atoms with Crippen LogP contribution in [0.1, 0.15) is 42.9 Å². The molecule has 2 saturated heterocycles. The van der Waals surface area contributed by atoms with Crippen molar-refractivity contribution in [3.05, 3.63) is 64.7 Å². The number of anilines is 1. The summed E-state index contributed by atoms with van der Waals surface area (Å²) in [5.74, 6) is -1.43. The Bertz CT molecular complexity index is 1060. The van der Waals surface area contributed by atoms with E-state index in [4.69, 9.17) is 11.6 Å². The number of aliphatic hydroxyl groups excluding tert-OH is 2. The second-order valence-corrected chi connectivity index (χ2v) is 9.10. The number of carbonyl (C=O) groups excluding carboxylic acids is 3. The Hall–Kier alpha value is -2.94. The van der Waals surface area contributed by atoms with Crippen molar-refractivity contribution in [2.75, 3.05) is 18.0 Å². The zero-order chi connectivity index (χ0) is 24.2. The highest BCUT2D eigenvalue weighted by Gasteiger charge is 2.38. The van der Waals surface area contributed by atoms with Crippen LogP contribution in [-0.4, -0.2) is 58.1 Å². The maximum atomic E-state index is 12.9. The summed E-state index contributed by atoms with van der Waals surface area (Å²) in [6, 6.07) is 14.1. The molecule has 34 heavy (non-hydrogen) atoms. The summed E-state index contributed by atoms with van der Waals surface area (Å²) < 4.78 is 0. The fourth-order valence-corrected chi connectivity index (χ4v) is 4.75. The normalized spacial score (nSPS) is 19.9. The average molecular weight is 486 g/mol. The van der Waals surface area contributed by atoms with Gasteiger partial charge in [0.1, 0.15) is 0 Å². The molecule has 8 nitrogen and oxygen atoms in total. The van der Waals surface area contributed by atoms with Crippen molar-refractivity contribution in [2.45, 2.75) is 50.5 Å². The molecule has 2 fully saturated rings. The number of hydrogen-bond donors (Lipinski definition) is 3. The lowest BCUT2D eigenvalue weighted by Gasteiger charge is -2.28. The molecule has 0 bridgehead atoms. The molecule has 3 amide bonds. The van der Waals surface area contributed by atoms with E-state index in [1.165, 1.54) is 4.90 Å². The summed E-state index contributed by atoms with van der Waals surface area (Å²) in [6.07, 6.45) is -0.921. The van der Waals surface area contributed by atoms with Crippen molar-refractivity contribution in [3.8, 4) is 0 Å². The van der Waals surface area contributed by atoms with E-state index < -0.39 is 24.0 Å². The van der Waals surface area contributed by atoms with E-state index >= 15 is 0 Å². The summed E-state index contributed by atoms with van der Waals surface area (Å²) in [5, 5.41) is 23.9. The minimum atomic E-state index is -1.89. The van der Waals surface area contributed by atoms with E-state index in [2.05, 4.69) is 5.32 Å². The lowest BCUT2D eigenvalue weighted by atomic mass is 10.0. The first kappa shape index (κ1) is 24.2. The van der Waals surface area contributed by atoms with Crippen molar-refractivity contribution in [1.29, 1.82) is 0 Å². The minimum Gasteiger partial charge on any atom is -0.380 e. The van der Waals surface area contributed by atoms with Gasteiger partial charge in [-0.25, -0.2) is 0 Å². The molecule has 3 N–H and O–H groups in total. The number of nitrogens with one attached hydrogen (secondary N) is 1. The van der Waals surface area contributed by atoms with Crippen molar-refractivity contribution in [3.63, 3.8) is 0 Å². The molecular formula is C25H28ClN3O5. The van der Waals surface area contributed by atoms with Gasteiger partial charge in [-0.15, -0.1) is 0 Å². The van der Waals surface area contributed by atoms with Gasteiger partial charge in [-0.2, -0.15) is 0 Å². The number of nitrogens with zero attached hydrogens (tertiary/aromatic N) is 2. The third kappa shape index (κ3) is 5.24. The van der Waals surface area contributed by atoms with Crippen LogP contribution >= 0.6 is 11.6 Å². The van der Waals surface area contributed by atoms with Crippen LogP contribution in [0.4, 0.5) is 5.69 Å². The second kappa shape index (κ2) is 10.5. The van der Waals surface area contributed by atoms with Crippen molar-refractivity contribution < 1.29 is 24.6 Å². The van der Waals surface area contributed by atoms with Gasteiger partial charge in [0.25, 0.3) is 11.8 Å². The minimum absolute atomic E-state index is 0.0958. The molecule has 0 spiro atoms. The third-order valence-electron chi connectivity index (χ3n) is 6.38. The number of benzene rings is 2. The van der Waals surface area contributed by atoms with Gasteiger partial charge in [0.2, 0.25) is 5.91 Å². The molecule has 180 valence electrons. The quantitative estimate of drug-likeness (QED) is 0.556. The van der Waals surface area contributed by atoms with Gasteiger partial charge in [-0.3, -0.25) is 14.4 Å². The molecule has 3 atom stereocenters. The topological polar surface area (TPSA) is 110 Å². The summed E-state index contributed by atoms with van der Waals surface area (Å²) in [6.45, 7) is 1.23. The van der Waals surface area contributed by atoms with E-state index in [9.17, 15) is 24.6 Å². The SMILES string of the molecule is O=C(NCc1ccc(N2CCCC2=O)cc1)[C@H](O)[C@@H](O)C(=O)N1CCCC1c1cccc(Cl)c1. The summed E-state index contributed by atoms with van der Waals surface area (Å²) >= 11 is 6.08. The first-order valence-corrected chi connectivity index (χ1v) is 11.8. The average Bonchev–Trinajstić information content (AvgIpc) is 3.50. The highest BCUT2D eigenvalue weighted by molar-refractivity contribution is 6.30. The second-order valence-electron chi connectivity index (χ2n) is 8.67. The first-order valence-electron chi connectivity index (χ1n) is 11.4. The smallest absolute Gasteiger partial charge is 0.255 e. The van der Waals surface area contributed by atoms with Crippen LogP contribution < -0.4 is 10.2 Å². The van der Waals surface area contributed by atoms with Crippen LogP contribution in [-0.2, 0) is 20.9 Å². The molecule has 4 rings (SSSR count). The predicted octanol–water partition coefficient (Wildman–Crippen LogP) is 2.17. The molecule has 2 aromatic carbocycles.